The van der Waals surface area contributed by atoms with Gasteiger partial charge in [-0.1, -0.05) is 127 Å². The van der Waals surface area contributed by atoms with Crippen molar-refractivity contribution in [1.82, 2.24) is 0 Å². The van der Waals surface area contributed by atoms with E-state index in [1.807, 2.05) is 0 Å². The quantitative estimate of drug-likeness (QED) is 0.309. The molecule has 2 aliphatic rings. The lowest BCUT2D eigenvalue weighted by Gasteiger charge is -2.46. The zero-order valence-electron chi connectivity index (χ0n) is 19.4. The highest BCUT2D eigenvalue weighted by atomic mass is 15.4. The summed E-state index contributed by atoms with van der Waals surface area (Å²) in [6, 6.07) is 50.6. The third kappa shape index (κ3) is 2.71. The monoisotopic (exact) mass is 450 g/mol. The summed E-state index contributed by atoms with van der Waals surface area (Å²) in [5.74, 6) is 0. The van der Waals surface area contributed by atoms with Crippen molar-refractivity contribution in [2.75, 3.05) is 10.2 Å². The summed E-state index contributed by atoms with van der Waals surface area (Å²) in [6.07, 6.45) is 0.861. The highest BCUT2D eigenvalue weighted by molar-refractivity contribution is 5.87. The molecule has 0 amide bonds. The van der Waals surface area contributed by atoms with E-state index in [9.17, 15) is 0 Å². The van der Waals surface area contributed by atoms with Gasteiger partial charge in [0.25, 0.3) is 0 Å². The minimum atomic E-state index is -0.508. The second-order valence-corrected chi connectivity index (χ2v) is 9.49. The Kier molecular flexibility index (Phi) is 4.37. The van der Waals surface area contributed by atoms with Crippen molar-refractivity contribution in [2.45, 2.75) is 17.6 Å². The number of anilines is 2. The summed E-state index contributed by atoms with van der Waals surface area (Å²) in [5, 5.41) is 4.02. The molecule has 0 saturated heterocycles. The fraction of sp³-hybridized carbons (Fsp3) is 0.0909. The summed E-state index contributed by atoms with van der Waals surface area (Å²) in [4.78, 5) is 2.66. The lowest BCUT2D eigenvalue weighted by Crippen LogP contribution is -2.54. The van der Waals surface area contributed by atoms with Crippen molar-refractivity contribution in [3.05, 3.63) is 167 Å². The fourth-order valence-electron chi connectivity index (χ4n) is 6.37. The summed E-state index contributed by atoms with van der Waals surface area (Å²) >= 11 is 0. The van der Waals surface area contributed by atoms with Crippen molar-refractivity contribution in [3.63, 3.8) is 0 Å². The average molecular weight is 451 g/mol. The van der Waals surface area contributed by atoms with Crippen LogP contribution in [-0.4, -0.2) is 0 Å². The molecule has 168 valence electrons. The number of para-hydroxylation sites is 2. The van der Waals surface area contributed by atoms with Gasteiger partial charge in [-0.05, 0) is 28.8 Å². The van der Waals surface area contributed by atoms with Crippen LogP contribution in [-0.2, 0) is 17.6 Å². The lowest BCUT2D eigenvalue weighted by molar-refractivity contribution is 0.440. The molecule has 0 radical (unpaired) electrons. The highest BCUT2D eigenvalue weighted by Gasteiger charge is 2.63. The molecule has 0 spiro atoms. The molecule has 2 nitrogen and oxygen atoms in total. The number of fused-ring (bicyclic) bond motifs is 5. The zero-order chi connectivity index (χ0) is 23.3. The second kappa shape index (κ2) is 7.61. The van der Waals surface area contributed by atoms with E-state index in [1.54, 1.807) is 0 Å². The first kappa shape index (κ1) is 20.1. The van der Waals surface area contributed by atoms with Crippen LogP contribution in [0.1, 0.15) is 27.8 Å². The Bertz CT molecular complexity index is 1500. The standard InChI is InChI=1S/C33H26N2/c1-4-14-25(15-5-1)24-32(26-16-6-2-7-17-26)28-20-10-11-21-29(28)33(27-18-8-3-9-19-27)34-30-22-12-13-23-31(30)35(32)33/h1-23,34H,24H2/t32-,33-/m0/s1. The molecule has 5 aromatic carbocycles. The van der Waals surface area contributed by atoms with Gasteiger partial charge in [-0.3, -0.25) is 0 Å². The first-order chi connectivity index (χ1) is 17.3. The number of benzene rings is 5. The Labute approximate surface area is 206 Å². The van der Waals surface area contributed by atoms with Crippen LogP contribution >= 0.6 is 0 Å². The molecule has 7 rings (SSSR count). The van der Waals surface area contributed by atoms with Crippen molar-refractivity contribution < 1.29 is 0 Å². The maximum Gasteiger partial charge on any atom is 0.165 e. The maximum absolute atomic E-state index is 4.02. The van der Waals surface area contributed by atoms with E-state index >= 15 is 0 Å². The Morgan fingerprint density at radius 2 is 1.06 bits per heavy atom. The molecule has 0 aromatic heterocycles. The molecule has 2 heteroatoms. The van der Waals surface area contributed by atoms with Gasteiger partial charge in [-0.25, -0.2) is 0 Å². The SMILES string of the molecule is c1ccc(C[C@]2(c3ccccc3)c3ccccc3[C@@]3(c4ccccc4)Nc4ccccc4N23)cc1. The van der Waals surface area contributed by atoms with Gasteiger partial charge in [0.05, 0.1) is 16.9 Å². The van der Waals surface area contributed by atoms with Crippen molar-refractivity contribution >= 4 is 11.4 Å². The topological polar surface area (TPSA) is 15.3 Å². The van der Waals surface area contributed by atoms with Crippen LogP contribution in [0, 0.1) is 0 Å². The molecule has 2 aliphatic heterocycles. The molecule has 2 atom stereocenters. The minimum absolute atomic E-state index is 0.394. The van der Waals surface area contributed by atoms with Gasteiger partial charge in [0, 0.05) is 17.5 Å². The molecule has 0 unspecified atom stereocenters. The Hall–Kier alpha value is -4.30. The molecule has 5 aromatic rings. The van der Waals surface area contributed by atoms with Crippen LogP contribution < -0.4 is 10.2 Å². The van der Waals surface area contributed by atoms with Crippen LogP contribution in [0.15, 0.2) is 140 Å². The largest absolute Gasteiger partial charge is 0.353 e. The van der Waals surface area contributed by atoms with Gasteiger partial charge < -0.3 is 10.2 Å². The molecule has 0 saturated carbocycles. The first-order valence-corrected chi connectivity index (χ1v) is 12.3. The summed E-state index contributed by atoms with van der Waals surface area (Å²) in [6.45, 7) is 0. The normalized spacial score (nSPS) is 21.7. The third-order valence-electron chi connectivity index (χ3n) is 7.69. The number of nitrogens with zero attached hydrogens (tertiary/aromatic N) is 1. The lowest BCUT2D eigenvalue weighted by atomic mass is 9.77. The van der Waals surface area contributed by atoms with Gasteiger partial charge in [0.1, 0.15) is 0 Å². The van der Waals surface area contributed by atoms with Crippen molar-refractivity contribution in [3.8, 4) is 0 Å². The Morgan fingerprint density at radius 3 is 1.77 bits per heavy atom. The van der Waals surface area contributed by atoms with Gasteiger partial charge in [-0.2, -0.15) is 0 Å². The minimum Gasteiger partial charge on any atom is -0.353 e. The van der Waals surface area contributed by atoms with Crippen LogP contribution in [0.4, 0.5) is 11.4 Å². The van der Waals surface area contributed by atoms with E-state index in [1.165, 1.54) is 39.2 Å². The summed E-state index contributed by atoms with van der Waals surface area (Å²) < 4.78 is 0. The van der Waals surface area contributed by atoms with Crippen LogP contribution in [0.3, 0.4) is 0 Å². The van der Waals surface area contributed by atoms with E-state index in [-0.39, 0.29) is 0 Å². The van der Waals surface area contributed by atoms with E-state index in [4.69, 9.17) is 0 Å². The average Bonchev–Trinajstić information content (AvgIpc) is 3.41. The summed E-state index contributed by atoms with van der Waals surface area (Å²) in [7, 11) is 0. The fourth-order valence-corrected chi connectivity index (χ4v) is 6.37. The number of nitrogens with one attached hydrogen (secondary N) is 1. The van der Waals surface area contributed by atoms with Crippen molar-refractivity contribution in [1.29, 1.82) is 0 Å². The Morgan fingerprint density at radius 1 is 0.514 bits per heavy atom. The van der Waals surface area contributed by atoms with Gasteiger partial charge in [-0.15, -0.1) is 0 Å². The van der Waals surface area contributed by atoms with E-state index in [0.29, 0.717) is 0 Å². The van der Waals surface area contributed by atoms with Gasteiger partial charge in [0.2, 0.25) is 0 Å². The maximum atomic E-state index is 4.02. The number of hydrogen-bond acceptors (Lipinski definition) is 2. The first-order valence-electron chi connectivity index (χ1n) is 12.3. The smallest absolute Gasteiger partial charge is 0.165 e. The van der Waals surface area contributed by atoms with E-state index in [2.05, 4.69) is 150 Å². The highest BCUT2D eigenvalue weighted by Crippen LogP contribution is 2.63. The Balaban J connectivity index is 1.62. The van der Waals surface area contributed by atoms with Gasteiger partial charge in [0.15, 0.2) is 5.66 Å². The molecule has 2 heterocycles. The molecule has 1 N–H and O–H groups in total. The van der Waals surface area contributed by atoms with E-state index < -0.39 is 11.2 Å². The van der Waals surface area contributed by atoms with Crippen LogP contribution in [0.5, 0.6) is 0 Å². The van der Waals surface area contributed by atoms with E-state index in [0.717, 1.165) is 6.42 Å². The molecular weight excluding hydrogens is 424 g/mol. The second-order valence-electron chi connectivity index (χ2n) is 9.49. The summed E-state index contributed by atoms with van der Waals surface area (Å²) in [5.41, 5.74) is 8.01. The molecule has 0 aliphatic carbocycles. The predicted molar refractivity (Wildman–Crippen MR) is 144 cm³/mol. The molecule has 0 fully saturated rings. The molecular formula is C33H26N2. The number of rotatable bonds is 4. The third-order valence-corrected chi connectivity index (χ3v) is 7.69. The van der Waals surface area contributed by atoms with Crippen LogP contribution in [0.2, 0.25) is 0 Å². The molecule has 0 bridgehead atoms. The predicted octanol–water partition coefficient (Wildman–Crippen LogP) is 7.32. The van der Waals surface area contributed by atoms with Gasteiger partial charge >= 0.3 is 0 Å². The zero-order valence-corrected chi connectivity index (χ0v) is 19.4. The van der Waals surface area contributed by atoms with Crippen molar-refractivity contribution in [2.24, 2.45) is 0 Å². The van der Waals surface area contributed by atoms with Crippen LogP contribution in [0.25, 0.3) is 0 Å². The number of hydrogen-bond donors (Lipinski definition) is 1. The molecule has 35 heavy (non-hydrogen) atoms.